The summed E-state index contributed by atoms with van der Waals surface area (Å²) in [6.07, 6.45) is 0. The number of carbonyl (C=O) groups is 2. The number of halogens is 1. The SMILES string of the molecule is Cc1ccc(C(=O)NC(=S)Nc2ccc(Br)cc2C(=O)O)cc1. The summed E-state index contributed by atoms with van der Waals surface area (Å²) in [5.74, 6) is -1.46. The molecule has 118 valence electrons. The third-order valence-electron chi connectivity index (χ3n) is 3.00. The quantitative estimate of drug-likeness (QED) is 0.695. The molecule has 0 aliphatic carbocycles. The van der Waals surface area contributed by atoms with Crippen LogP contribution in [0.5, 0.6) is 0 Å². The number of anilines is 1. The van der Waals surface area contributed by atoms with Crippen LogP contribution >= 0.6 is 28.1 Å². The molecule has 0 fully saturated rings. The molecule has 2 rings (SSSR count). The highest BCUT2D eigenvalue weighted by Gasteiger charge is 2.13. The van der Waals surface area contributed by atoms with Crippen LogP contribution in [0.25, 0.3) is 0 Å². The molecule has 0 aromatic heterocycles. The molecular formula is C16H13BrN2O3S. The van der Waals surface area contributed by atoms with Gasteiger partial charge in [-0.2, -0.15) is 0 Å². The van der Waals surface area contributed by atoms with Gasteiger partial charge >= 0.3 is 5.97 Å². The lowest BCUT2D eigenvalue weighted by atomic mass is 10.1. The van der Waals surface area contributed by atoms with E-state index in [1.807, 2.05) is 19.1 Å². The second-order valence-electron chi connectivity index (χ2n) is 4.77. The number of aryl methyl sites for hydroxylation is 1. The zero-order valence-electron chi connectivity index (χ0n) is 12.1. The van der Waals surface area contributed by atoms with Gasteiger partial charge in [-0.15, -0.1) is 0 Å². The number of rotatable bonds is 3. The number of hydrogen-bond acceptors (Lipinski definition) is 3. The predicted molar refractivity (Wildman–Crippen MR) is 96.0 cm³/mol. The van der Waals surface area contributed by atoms with E-state index in [1.54, 1.807) is 24.3 Å². The average Bonchev–Trinajstić information content (AvgIpc) is 2.49. The lowest BCUT2D eigenvalue weighted by Crippen LogP contribution is -2.34. The van der Waals surface area contributed by atoms with E-state index in [0.29, 0.717) is 15.7 Å². The summed E-state index contributed by atoms with van der Waals surface area (Å²) in [4.78, 5) is 23.3. The van der Waals surface area contributed by atoms with Gasteiger partial charge in [-0.1, -0.05) is 33.6 Å². The molecule has 2 aromatic rings. The van der Waals surface area contributed by atoms with Crippen LogP contribution in [0, 0.1) is 6.92 Å². The van der Waals surface area contributed by atoms with Crippen molar-refractivity contribution in [1.82, 2.24) is 5.32 Å². The van der Waals surface area contributed by atoms with Crippen molar-refractivity contribution in [3.05, 3.63) is 63.6 Å². The number of nitrogens with one attached hydrogen (secondary N) is 2. The van der Waals surface area contributed by atoms with Gasteiger partial charge in [-0.3, -0.25) is 10.1 Å². The standard InChI is InChI=1S/C16H13BrN2O3S/c1-9-2-4-10(5-3-9)14(20)19-16(23)18-13-7-6-11(17)8-12(13)15(21)22/h2-8H,1H3,(H,21,22)(H2,18,19,20,23). The van der Waals surface area contributed by atoms with Crippen molar-refractivity contribution in [2.24, 2.45) is 0 Å². The van der Waals surface area contributed by atoms with E-state index in [0.717, 1.165) is 5.56 Å². The molecule has 23 heavy (non-hydrogen) atoms. The van der Waals surface area contributed by atoms with Crippen LogP contribution in [0.4, 0.5) is 5.69 Å². The highest BCUT2D eigenvalue weighted by atomic mass is 79.9. The summed E-state index contributed by atoms with van der Waals surface area (Å²) in [5, 5.41) is 14.5. The minimum absolute atomic E-state index is 0.0281. The second kappa shape index (κ2) is 7.34. The maximum atomic E-state index is 12.1. The molecule has 0 radical (unpaired) electrons. The Morgan fingerprint density at radius 2 is 1.78 bits per heavy atom. The van der Waals surface area contributed by atoms with Crippen LogP contribution in [0.1, 0.15) is 26.3 Å². The van der Waals surface area contributed by atoms with Crippen molar-refractivity contribution in [3.8, 4) is 0 Å². The van der Waals surface area contributed by atoms with E-state index in [-0.39, 0.29) is 16.6 Å². The van der Waals surface area contributed by atoms with Crippen LogP contribution in [0.2, 0.25) is 0 Å². The van der Waals surface area contributed by atoms with Gasteiger partial charge in [-0.05, 0) is 49.5 Å². The molecule has 0 atom stereocenters. The topological polar surface area (TPSA) is 78.4 Å². The molecule has 1 amide bonds. The first-order valence-corrected chi connectivity index (χ1v) is 7.79. The number of carboxylic acid groups (broad SMARTS) is 1. The Bertz CT molecular complexity index is 775. The summed E-state index contributed by atoms with van der Waals surface area (Å²) in [6, 6.07) is 11.7. The van der Waals surface area contributed by atoms with Gasteiger partial charge < -0.3 is 10.4 Å². The molecule has 0 saturated heterocycles. The van der Waals surface area contributed by atoms with Gasteiger partial charge in [0, 0.05) is 10.0 Å². The van der Waals surface area contributed by atoms with E-state index in [9.17, 15) is 14.7 Å². The van der Waals surface area contributed by atoms with Crippen molar-refractivity contribution in [2.45, 2.75) is 6.92 Å². The molecule has 0 aliphatic heterocycles. The average molecular weight is 393 g/mol. The Labute approximate surface area is 146 Å². The van der Waals surface area contributed by atoms with Gasteiger partial charge in [0.1, 0.15) is 0 Å². The molecule has 2 aromatic carbocycles. The summed E-state index contributed by atoms with van der Waals surface area (Å²) >= 11 is 8.28. The lowest BCUT2D eigenvalue weighted by Gasteiger charge is -2.12. The predicted octanol–water partition coefficient (Wildman–Crippen LogP) is 3.58. The maximum Gasteiger partial charge on any atom is 0.337 e. The fraction of sp³-hybridized carbons (Fsp3) is 0.0625. The summed E-state index contributed by atoms with van der Waals surface area (Å²) < 4.78 is 0.634. The first-order valence-electron chi connectivity index (χ1n) is 6.58. The van der Waals surface area contributed by atoms with Crippen LogP contribution in [0.15, 0.2) is 46.9 Å². The summed E-state index contributed by atoms with van der Waals surface area (Å²) in [6.45, 7) is 1.93. The van der Waals surface area contributed by atoms with Crippen molar-refractivity contribution in [3.63, 3.8) is 0 Å². The molecular weight excluding hydrogens is 380 g/mol. The van der Waals surface area contributed by atoms with Crippen molar-refractivity contribution < 1.29 is 14.7 Å². The van der Waals surface area contributed by atoms with E-state index < -0.39 is 5.97 Å². The number of carboxylic acids is 1. The summed E-state index contributed by atoms with van der Waals surface area (Å²) in [5.41, 5.74) is 1.86. The van der Waals surface area contributed by atoms with Gasteiger partial charge in [0.15, 0.2) is 5.11 Å². The van der Waals surface area contributed by atoms with Crippen LogP contribution in [-0.2, 0) is 0 Å². The molecule has 0 spiro atoms. The largest absolute Gasteiger partial charge is 0.478 e. The minimum Gasteiger partial charge on any atom is -0.478 e. The molecule has 0 unspecified atom stereocenters. The first-order chi connectivity index (χ1) is 10.9. The highest BCUT2D eigenvalue weighted by molar-refractivity contribution is 9.10. The molecule has 5 nitrogen and oxygen atoms in total. The van der Waals surface area contributed by atoms with Gasteiger partial charge in [-0.25, -0.2) is 4.79 Å². The second-order valence-corrected chi connectivity index (χ2v) is 6.09. The number of benzene rings is 2. The molecule has 0 bridgehead atoms. The van der Waals surface area contributed by atoms with Gasteiger partial charge in [0.05, 0.1) is 11.3 Å². The first kappa shape index (κ1) is 17.1. The van der Waals surface area contributed by atoms with E-state index in [1.165, 1.54) is 6.07 Å². The van der Waals surface area contributed by atoms with Gasteiger partial charge in [0.25, 0.3) is 5.91 Å². The monoisotopic (exact) mass is 392 g/mol. The normalized spacial score (nSPS) is 10.0. The van der Waals surface area contributed by atoms with E-state index in [4.69, 9.17) is 12.2 Å². The van der Waals surface area contributed by atoms with Crippen LogP contribution in [0.3, 0.4) is 0 Å². The van der Waals surface area contributed by atoms with Crippen LogP contribution in [-0.4, -0.2) is 22.1 Å². The number of carbonyl (C=O) groups excluding carboxylic acids is 1. The zero-order chi connectivity index (χ0) is 17.0. The van der Waals surface area contributed by atoms with Crippen molar-refractivity contribution >= 4 is 50.8 Å². The third-order valence-corrected chi connectivity index (χ3v) is 3.70. The Morgan fingerprint density at radius 1 is 1.13 bits per heavy atom. The Hall–Kier alpha value is -2.25. The fourth-order valence-corrected chi connectivity index (χ4v) is 2.40. The molecule has 3 N–H and O–H groups in total. The molecule has 0 saturated carbocycles. The van der Waals surface area contributed by atoms with E-state index >= 15 is 0 Å². The maximum absolute atomic E-state index is 12.1. The summed E-state index contributed by atoms with van der Waals surface area (Å²) in [7, 11) is 0. The number of hydrogen-bond donors (Lipinski definition) is 3. The lowest BCUT2D eigenvalue weighted by molar-refractivity contribution is 0.0697. The smallest absolute Gasteiger partial charge is 0.337 e. The highest BCUT2D eigenvalue weighted by Crippen LogP contribution is 2.21. The van der Waals surface area contributed by atoms with Crippen LogP contribution < -0.4 is 10.6 Å². The fourth-order valence-electron chi connectivity index (χ4n) is 1.84. The van der Waals surface area contributed by atoms with Crippen molar-refractivity contribution in [1.29, 1.82) is 0 Å². The Balaban J connectivity index is 2.09. The minimum atomic E-state index is -1.10. The molecule has 0 heterocycles. The number of amides is 1. The van der Waals surface area contributed by atoms with Gasteiger partial charge in [0.2, 0.25) is 0 Å². The van der Waals surface area contributed by atoms with Crippen molar-refractivity contribution in [2.75, 3.05) is 5.32 Å². The van der Waals surface area contributed by atoms with E-state index in [2.05, 4.69) is 26.6 Å². The Kier molecular flexibility index (Phi) is 5.46. The zero-order valence-corrected chi connectivity index (χ0v) is 14.5. The molecule has 7 heteroatoms. The Morgan fingerprint density at radius 3 is 2.39 bits per heavy atom. The molecule has 0 aliphatic rings. The number of aromatic carboxylic acids is 1. The number of thiocarbonyl (C=S) groups is 1. The third kappa shape index (κ3) is 4.61.